The predicted octanol–water partition coefficient (Wildman–Crippen LogP) is 18.7. The van der Waals surface area contributed by atoms with Gasteiger partial charge in [0.25, 0.3) is 0 Å². The van der Waals surface area contributed by atoms with E-state index in [1.807, 2.05) is 90.1 Å². The molecule has 0 saturated heterocycles. The van der Waals surface area contributed by atoms with Crippen LogP contribution in [0.25, 0.3) is 83.9 Å². The van der Waals surface area contributed by atoms with Gasteiger partial charge >= 0.3 is 0 Å². The molecule has 0 bridgehead atoms. The van der Waals surface area contributed by atoms with Crippen LogP contribution in [0.3, 0.4) is 0 Å². The molecule has 0 unspecified atom stereocenters. The molecule has 2 heterocycles. The van der Waals surface area contributed by atoms with Crippen molar-refractivity contribution in [3.63, 3.8) is 0 Å². The fourth-order valence-electron chi connectivity index (χ4n) is 9.09. The van der Waals surface area contributed by atoms with Crippen molar-refractivity contribution in [2.24, 2.45) is 5.41 Å². The van der Waals surface area contributed by atoms with Crippen LogP contribution in [0.15, 0.2) is 158 Å². The smallest absolute Gasteiger partial charge is 0.148 e. The van der Waals surface area contributed by atoms with Crippen LogP contribution >= 0.6 is 0 Å². The molecule has 382 valence electrons. The predicted molar refractivity (Wildman–Crippen MR) is 310 cm³/mol. The van der Waals surface area contributed by atoms with Crippen LogP contribution in [-0.4, -0.2) is 19.6 Å². The number of imidazole rings is 1. The molecule has 0 fully saturated rings. The number of hydrogen-bond acceptors (Lipinski definition) is 3. The van der Waals surface area contributed by atoms with E-state index < -0.39 is 103 Å². The van der Waals surface area contributed by atoms with Crippen LogP contribution in [0.1, 0.15) is 161 Å². The number of fused-ring (bicyclic) bond motifs is 1. The number of rotatable bonds is 8. The first-order valence-corrected chi connectivity index (χ1v) is 24.2. The Balaban J connectivity index is 0.0000118. The summed E-state index contributed by atoms with van der Waals surface area (Å²) in [7, 11) is 0. The zero-order chi connectivity index (χ0) is 70.9. The molecule has 0 aliphatic heterocycles. The van der Waals surface area contributed by atoms with Crippen LogP contribution in [0.5, 0.6) is 5.75 Å². The van der Waals surface area contributed by atoms with E-state index in [1.54, 1.807) is 87.5 Å². The largest absolute Gasteiger partial charge is 0.507 e. The number of phenols is 1. The van der Waals surface area contributed by atoms with Gasteiger partial charge in [-0.25, -0.2) is 4.98 Å². The summed E-state index contributed by atoms with van der Waals surface area (Å²) in [6.45, 7) is -7.76. The first kappa shape index (κ1) is 32.2. The van der Waals surface area contributed by atoms with Gasteiger partial charge in [-0.05, 0) is 103 Å². The van der Waals surface area contributed by atoms with Gasteiger partial charge in [-0.15, -0.1) is 29.3 Å². The minimum Gasteiger partial charge on any atom is -0.507 e. The number of para-hydroxylation sites is 1. The third-order valence-corrected chi connectivity index (χ3v) is 12.9. The first-order valence-electron chi connectivity index (χ1n) is 35.2. The van der Waals surface area contributed by atoms with Crippen LogP contribution in [-0.2, 0) is 49.1 Å². The Kier molecular flexibility index (Phi) is 8.72. The van der Waals surface area contributed by atoms with Crippen molar-refractivity contribution in [3.8, 4) is 78.6 Å². The maximum atomic E-state index is 13.4. The Morgan fingerprint density at radius 3 is 1.68 bits per heavy atom. The topological polar surface area (TPSA) is 50.9 Å². The summed E-state index contributed by atoms with van der Waals surface area (Å²) in [6, 6.07) is 41.4. The van der Waals surface area contributed by atoms with Gasteiger partial charge in [-0.3, -0.25) is 9.55 Å². The normalized spacial score (nSPS) is 18.1. The molecule has 9 aromatic rings. The standard InChI is InChI=1S/C69H74N3O.Pt/c1-65(2,3)43-44-29-31-45(32-30-44)48-33-34-70-59(38-48)50-35-49(36-51(37-50)66(4,5)6)54-27-22-28-60-61(54)71-64(57-41-53(68(10,11)12)42-58(63(57)73)69(13,14)15)72(60)62-55(46-23-18-16-19-24-46)39-52(67(7,8)9)40-56(62)47-25-20-17-21-26-47;/h16-34,36-42,73H,43H2,1-15H3;/q-1;/i10D3,11D3,12D3,13D3,14D3,15D3,31D,32D,43D2;. The van der Waals surface area contributed by atoms with E-state index in [1.165, 1.54) is 22.9 Å². The van der Waals surface area contributed by atoms with Crippen LogP contribution < -0.4 is 0 Å². The molecule has 0 spiro atoms. The average molecular weight is 1180 g/mol. The molecule has 4 nitrogen and oxygen atoms in total. The Labute approximate surface area is 487 Å². The molecular weight excluding hydrogens is 1080 g/mol. The van der Waals surface area contributed by atoms with Crippen molar-refractivity contribution >= 4 is 11.0 Å². The Morgan fingerprint density at radius 2 is 1.11 bits per heavy atom. The van der Waals surface area contributed by atoms with Gasteiger partial charge in [0.2, 0.25) is 0 Å². The third-order valence-electron chi connectivity index (χ3n) is 12.9. The van der Waals surface area contributed by atoms with Gasteiger partial charge in [-0.2, -0.15) is 0 Å². The van der Waals surface area contributed by atoms with Crippen molar-refractivity contribution in [1.82, 2.24) is 14.5 Å². The molecule has 9 rings (SSSR count). The summed E-state index contributed by atoms with van der Waals surface area (Å²) in [5, 5.41) is 13.4. The molecule has 7 aromatic carbocycles. The zero-order valence-corrected chi connectivity index (χ0v) is 45.2. The van der Waals surface area contributed by atoms with Gasteiger partial charge in [-0.1, -0.05) is 224 Å². The van der Waals surface area contributed by atoms with E-state index in [4.69, 9.17) is 40.1 Å². The fraction of sp³-hybridized carbons (Fsp3) is 0.304. The number of aromatic nitrogens is 3. The summed E-state index contributed by atoms with van der Waals surface area (Å²) in [6.07, 6.45) is -0.377. The summed E-state index contributed by atoms with van der Waals surface area (Å²) in [5.41, 5.74) is -7.47. The van der Waals surface area contributed by atoms with Crippen LogP contribution in [0, 0.1) is 11.5 Å². The SMILES string of the molecule is [2H]c1cc(C([2H])([2H])C(C)(C)C)cc([2H])c1-c1ccnc(-c2[c-]c(-c3cccc4c3nc(-c3cc(C(C([2H])([2H])[2H])(C([2H])([2H])[2H])C([2H])([2H])[2H])cc(C(C([2H])([2H])[2H])(C([2H])([2H])[2H])C([2H])([2H])[2H])c3O)n4-c3c(-c4ccccc4)cc(C(C)(C)C)cc3-c3ccccc3)cc(C(C)(C)C)c2)c1.[Pt]. The van der Waals surface area contributed by atoms with E-state index >= 15 is 0 Å². The summed E-state index contributed by atoms with van der Waals surface area (Å²) < 4.78 is 198. The van der Waals surface area contributed by atoms with Gasteiger partial charge in [0.1, 0.15) is 11.6 Å². The number of phenolic OH excluding ortho intramolecular Hbond substituents is 1. The van der Waals surface area contributed by atoms with Gasteiger partial charge in [0, 0.05) is 77.1 Å². The van der Waals surface area contributed by atoms with Crippen molar-refractivity contribution in [1.29, 1.82) is 0 Å². The molecule has 0 radical (unpaired) electrons. The number of nitrogens with zero attached hydrogens (tertiary/aromatic N) is 3. The summed E-state index contributed by atoms with van der Waals surface area (Å²) >= 11 is 0. The summed E-state index contributed by atoms with van der Waals surface area (Å²) in [5.74, 6) is -1.90. The van der Waals surface area contributed by atoms with Crippen molar-refractivity contribution in [2.75, 3.05) is 0 Å². The molecule has 74 heavy (non-hydrogen) atoms. The second kappa shape index (κ2) is 20.1. The molecule has 2 aromatic heterocycles. The second-order valence-corrected chi connectivity index (χ2v) is 21.9. The molecular formula is C69H74N3OPt-. The first-order chi connectivity index (χ1) is 43.3. The molecule has 1 N–H and O–H groups in total. The molecule has 0 aliphatic rings. The molecule has 0 amide bonds. The Hall–Kier alpha value is -6.35. The van der Waals surface area contributed by atoms with E-state index in [9.17, 15) is 5.11 Å². The second-order valence-electron chi connectivity index (χ2n) is 21.9. The molecule has 0 saturated carbocycles. The number of pyridine rings is 1. The van der Waals surface area contributed by atoms with E-state index in [0.29, 0.717) is 56.3 Å². The summed E-state index contributed by atoms with van der Waals surface area (Å²) in [4.78, 5) is 10.1. The maximum Gasteiger partial charge on any atom is 0.148 e. The molecule has 0 aliphatic carbocycles. The van der Waals surface area contributed by atoms with Gasteiger partial charge in [0.15, 0.2) is 0 Å². The number of hydrogen-bond donors (Lipinski definition) is 1. The molecule has 5 heteroatoms. The fourth-order valence-corrected chi connectivity index (χ4v) is 9.09. The van der Waals surface area contributed by atoms with Crippen LogP contribution in [0.4, 0.5) is 0 Å². The minimum atomic E-state index is -4.22. The number of aromatic hydroxyl groups is 1. The van der Waals surface area contributed by atoms with Crippen molar-refractivity contribution in [2.45, 2.75) is 131 Å². The quantitative estimate of drug-likeness (QED) is 0.154. The van der Waals surface area contributed by atoms with Gasteiger partial charge in [0.05, 0.1) is 25.0 Å². The van der Waals surface area contributed by atoms with E-state index in [2.05, 4.69) is 6.07 Å². The van der Waals surface area contributed by atoms with E-state index in [-0.39, 0.29) is 67.1 Å². The minimum absolute atomic E-state index is 0. The molecule has 0 atom stereocenters. The maximum absolute atomic E-state index is 13.4. The third kappa shape index (κ3) is 11.2. The average Bonchev–Trinajstić information content (AvgIpc) is 0.838. The van der Waals surface area contributed by atoms with E-state index in [0.717, 1.165) is 11.1 Å². The van der Waals surface area contributed by atoms with Crippen molar-refractivity contribution in [3.05, 3.63) is 192 Å². The van der Waals surface area contributed by atoms with Crippen LogP contribution in [0.2, 0.25) is 0 Å². The van der Waals surface area contributed by atoms with Gasteiger partial charge < -0.3 is 5.11 Å². The number of benzene rings is 7. The monoisotopic (exact) mass is 1180 g/mol. The zero-order valence-electron chi connectivity index (χ0n) is 65.0. The Morgan fingerprint density at radius 1 is 0.554 bits per heavy atom. The van der Waals surface area contributed by atoms with Crippen molar-refractivity contribution < 1.29 is 56.3 Å². The Bertz CT molecular complexity index is 4250.